The van der Waals surface area contributed by atoms with Crippen molar-refractivity contribution in [3.63, 3.8) is 0 Å². The lowest BCUT2D eigenvalue weighted by Crippen LogP contribution is -2.46. The Kier molecular flexibility index (Phi) is 3.61. The molecule has 2 saturated heterocycles. The van der Waals surface area contributed by atoms with E-state index in [1.54, 1.807) is 0 Å². The van der Waals surface area contributed by atoms with Gasteiger partial charge in [0.05, 0.1) is 23.3 Å². The second-order valence-corrected chi connectivity index (χ2v) is 5.79. The van der Waals surface area contributed by atoms with Gasteiger partial charge in [0.1, 0.15) is 0 Å². The van der Waals surface area contributed by atoms with E-state index in [0.717, 1.165) is 25.0 Å². The number of hydrogen-bond acceptors (Lipinski definition) is 2. The highest BCUT2D eigenvalue weighted by atomic mass is 35.5. The number of amides is 1. The quantitative estimate of drug-likeness (QED) is 0.794. The number of ether oxygens (including phenoxy) is 1. The van der Waals surface area contributed by atoms with Gasteiger partial charge in [0.25, 0.3) is 5.91 Å². The first-order valence-electron chi connectivity index (χ1n) is 6.66. The number of hydrogen-bond donors (Lipinski definition) is 0. The predicted molar refractivity (Wildman–Crippen MR) is 70.3 cm³/mol. The van der Waals surface area contributed by atoms with Crippen LogP contribution in [0.4, 0.5) is 13.2 Å². The zero-order valence-corrected chi connectivity index (χ0v) is 11.7. The predicted octanol–water partition coefficient (Wildman–Crippen LogP) is 3.36. The Morgan fingerprint density at radius 3 is 2.43 bits per heavy atom. The highest BCUT2D eigenvalue weighted by Gasteiger charge is 2.40. The van der Waals surface area contributed by atoms with Gasteiger partial charge in [-0.25, -0.2) is 0 Å². The summed E-state index contributed by atoms with van der Waals surface area (Å²) in [7, 11) is 0. The van der Waals surface area contributed by atoms with Gasteiger partial charge in [0, 0.05) is 18.1 Å². The highest BCUT2D eigenvalue weighted by molar-refractivity contribution is 6.30. The number of alkyl halides is 3. The SMILES string of the molecule is O=C(c1ccc(Cl)cc1C(F)(F)F)N1CC2CCC(C1)O2. The molecule has 1 aromatic carbocycles. The molecule has 2 atom stereocenters. The van der Waals surface area contributed by atoms with Crippen LogP contribution in [0.2, 0.25) is 5.02 Å². The minimum Gasteiger partial charge on any atom is -0.371 e. The van der Waals surface area contributed by atoms with Gasteiger partial charge < -0.3 is 9.64 Å². The first-order valence-corrected chi connectivity index (χ1v) is 7.04. The van der Waals surface area contributed by atoms with Gasteiger partial charge in [-0.3, -0.25) is 4.79 Å². The molecule has 3 rings (SSSR count). The van der Waals surface area contributed by atoms with Crippen LogP contribution in [0.1, 0.15) is 28.8 Å². The summed E-state index contributed by atoms with van der Waals surface area (Å²) in [5.41, 5.74) is -1.34. The molecule has 0 spiro atoms. The number of rotatable bonds is 1. The minimum atomic E-state index is -4.61. The van der Waals surface area contributed by atoms with Crippen LogP contribution in [0, 0.1) is 0 Å². The van der Waals surface area contributed by atoms with Crippen molar-refractivity contribution < 1.29 is 22.7 Å². The molecule has 0 saturated carbocycles. The monoisotopic (exact) mass is 319 g/mol. The van der Waals surface area contributed by atoms with E-state index in [1.165, 1.54) is 11.0 Å². The van der Waals surface area contributed by atoms with Crippen LogP contribution in [-0.4, -0.2) is 36.1 Å². The fourth-order valence-electron chi connectivity index (χ4n) is 2.89. The van der Waals surface area contributed by atoms with Crippen LogP contribution in [-0.2, 0) is 10.9 Å². The number of carbonyl (C=O) groups excluding carboxylic acids is 1. The van der Waals surface area contributed by atoms with Gasteiger partial charge in [-0.2, -0.15) is 13.2 Å². The Bertz CT molecular complexity index is 564. The molecule has 0 N–H and O–H groups in total. The van der Waals surface area contributed by atoms with Crippen molar-refractivity contribution in [3.05, 3.63) is 34.3 Å². The van der Waals surface area contributed by atoms with E-state index in [4.69, 9.17) is 16.3 Å². The first-order chi connectivity index (χ1) is 9.84. The number of carbonyl (C=O) groups is 1. The van der Waals surface area contributed by atoms with E-state index in [1.807, 2.05) is 0 Å². The summed E-state index contributed by atoms with van der Waals surface area (Å²) in [5.74, 6) is -0.612. The molecule has 0 aliphatic carbocycles. The molecule has 1 aromatic rings. The van der Waals surface area contributed by atoms with Gasteiger partial charge in [0.15, 0.2) is 0 Å². The second kappa shape index (κ2) is 5.18. The van der Waals surface area contributed by atoms with Crippen LogP contribution in [0.3, 0.4) is 0 Å². The fourth-order valence-corrected chi connectivity index (χ4v) is 3.06. The number of benzene rings is 1. The van der Waals surface area contributed by atoms with E-state index < -0.39 is 17.6 Å². The van der Waals surface area contributed by atoms with Crippen molar-refractivity contribution in [1.82, 2.24) is 4.90 Å². The van der Waals surface area contributed by atoms with Crippen molar-refractivity contribution in [2.45, 2.75) is 31.2 Å². The highest BCUT2D eigenvalue weighted by Crippen LogP contribution is 2.35. The summed E-state index contributed by atoms with van der Waals surface area (Å²) in [6.07, 6.45) is -3.03. The summed E-state index contributed by atoms with van der Waals surface area (Å²) in [5, 5.41) is -0.0408. The Morgan fingerprint density at radius 2 is 1.86 bits per heavy atom. The number of fused-ring (bicyclic) bond motifs is 2. The Hall–Kier alpha value is -1.27. The standard InChI is InChI=1S/C14H13ClF3NO2/c15-8-1-4-11(12(5-8)14(16,17)18)13(20)19-6-9-2-3-10(7-19)21-9/h1,4-5,9-10H,2-3,6-7H2. The summed E-state index contributed by atoms with van der Waals surface area (Å²) >= 11 is 5.62. The van der Waals surface area contributed by atoms with Crippen LogP contribution in [0.5, 0.6) is 0 Å². The third-order valence-electron chi connectivity index (χ3n) is 3.85. The van der Waals surface area contributed by atoms with Crippen molar-refractivity contribution in [1.29, 1.82) is 0 Å². The fraction of sp³-hybridized carbons (Fsp3) is 0.500. The molecule has 2 heterocycles. The number of nitrogens with zero attached hydrogens (tertiary/aromatic N) is 1. The molecule has 7 heteroatoms. The van der Waals surface area contributed by atoms with Crippen LogP contribution < -0.4 is 0 Å². The van der Waals surface area contributed by atoms with E-state index >= 15 is 0 Å². The molecule has 2 bridgehead atoms. The maximum atomic E-state index is 13.1. The van der Waals surface area contributed by atoms with E-state index in [0.29, 0.717) is 13.1 Å². The van der Waals surface area contributed by atoms with Crippen LogP contribution in [0.25, 0.3) is 0 Å². The van der Waals surface area contributed by atoms with Crippen LogP contribution in [0.15, 0.2) is 18.2 Å². The van der Waals surface area contributed by atoms with Gasteiger partial charge in [-0.1, -0.05) is 11.6 Å². The maximum Gasteiger partial charge on any atom is 0.417 e. The lowest BCUT2D eigenvalue weighted by atomic mass is 10.1. The zero-order valence-electron chi connectivity index (χ0n) is 11.0. The van der Waals surface area contributed by atoms with Crippen molar-refractivity contribution in [2.75, 3.05) is 13.1 Å². The van der Waals surface area contributed by atoms with Crippen molar-refractivity contribution in [3.8, 4) is 0 Å². The molecule has 2 aliphatic heterocycles. The lowest BCUT2D eigenvalue weighted by molar-refractivity contribution is -0.138. The summed E-state index contributed by atoms with van der Waals surface area (Å²) in [6.45, 7) is 0.685. The Balaban J connectivity index is 1.91. The van der Waals surface area contributed by atoms with Crippen molar-refractivity contribution in [2.24, 2.45) is 0 Å². The lowest BCUT2D eigenvalue weighted by Gasteiger charge is -2.32. The van der Waals surface area contributed by atoms with E-state index in [-0.39, 0.29) is 22.8 Å². The molecular formula is C14H13ClF3NO2. The molecule has 0 aromatic heterocycles. The van der Waals surface area contributed by atoms with Gasteiger partial charge in [-0.15, -0.1) is 0 Å². The average molecular weight is 320 g/mol. The third kappa shape index (κ3) is 2.87. The molecule has 0 radical (unpaired) electrons. The largest absolute Gasteiger partial charge is 0.417 e. The van der Waals surface area contributed by atoms with Crippen molar-refractivity contribution >= 4 is 17.5 Å². The maximum absolute atomic E-state index is 13.1. The smallest absolute Gasteiger partial charge is 0.371 e. The minimum absolute atomic E-state index is 0.0408. The summed E-state index contributed by atoms with van der Waals surface area (Å²) in [6, 6.07) is 3.24. The molecular weight excluding hydrogens is 307 g/mol. The number of halogens is 4. The molecule has 2 unspecified atom stereocenters. The van der Waals surface area contributed by atoms with E-state index in [9.17, 15) is 18.0 Å². The van der Waals surface area contributed by atoms with Crippen LogP contribution >= 0.6 is 11.6 Å². The normalized spacial score (nSPS) is 25.2. The molecule has 2 aliphatic rings. The zero-order chi connectivity index (χ0) is 15.2. The topological polar surface area (TPSA) is 29.5 Å². The summed E-state index contributed by atoms with van der Waals surface area (Å²) in [4.78, 5) is 13.9. The Labute approximate surface area is 124 Å². The number of morpholine rings is 1. The Morgan fingerprint density at radius 1 is 1.24 bits per heavy atom. The third-order valence-corrected chi connectivity index (χ3v) is 4.08. The number of likely N-dealkylation sites (tertiary alicyclic amines) is 1. The first kappa shape index (κ1) is 14.7. The molecule has 3 nitrogen and oxygen atoms in total. The molecule has 2 fully saturated rings. The molecule has 21 heavy (non-hydrogen) atoms. The van der Waals surface area contributed by atoms with Gasteiger partial charge in [0.2, 0.25) is 0 Å². The second-order valence-electron chi connectivity index (χ2n) is 5.36. The molecule has 114 valence electrons. The average Bonchev–Trinajstić information content (AvgIpc) is 2.75. The molecule has 1 amide bonds. The van der Waals surface area contributed by atoms with E-state index in [2.05, 4.69) is 0 Å². The van der Waals surface area contributed by atoms with Gasteiger partial charge >= 0.3 is 6.18 Å². The summed E-state index contributed by atoms with van der Waals surface area (Å²) < 4.78 is 44.8. The van der Waals surface area contributed by atoms with Gasteiger partial charge in [-0.05, 0) is 31.0 Å².